The molecule has 104 valence electrons. The van der Waals surface area contributed by atoms with Crippen LogP contribution in [0.1, 0.15) is 38.1 Å². The van der Waals surface area contributed by atoms with Crippen LogP contribution in [-0.4, -0.2) is 30.6 Å². The zero-order valence-electron chi connectivity index (χ0n) is 11.9. The minimum absolute atomic E-state index is 0.0860. The molecule has 0 aliphatic carbocycles. The maximum absolute atomic E-state index is 11.4. The van der Waals surface area contributed by atoms with Gasteiger partial charge in [-0.25, -0.2) is 0 Å². The highest BCUT2D eigenvalue weighted by Gasteiger charge is 2.32. The molecular weight excluding hydrogens is 306 g/mol. The molecule has 0 amide bonds. The number of nitrogens with zero attached hydrogens (tertiary/aromatic N) is 1. The Morgan fingerprint density at radius 3 is 2.68 bits per heavy atom. The third-order valence-electron chi connectivity index (χ3n) is 3.26. The smallest absolute Gasteiger partial charge is 0.159 e. The van der Waals surface area contributed by atoms with E-state index in [9.17, 15) is 4.79 Å². The van der Waals surface area contributed by atoms with Gasteiger partial charge in [-0.2, -0.15) is 0 Å². The number of anilines is 1. The van der Waals surface area contributed by atoms with Crippen LogP contribution in [0, 0.1) is 0 Å². The zero-order valence-corrected chi connectivity index (χ0v) is 13.5. The van der Waals surface area contributed by atoms with Crippen molar-refractivity contribution in [3.05, 3.63) is 28.2 Å². The maximum Gasteiger partial charge on any atom is 0.159 e. The average Bonchev–Trinajstić information content (AvgIpc) is 2.25. The standard InChI is InChI=1S/C15H20BrNO2/c1-10-8-17(9-15(3,4)19-10)14-6-5-12(11(2)18)7-13(14)16/h5-7,10H,8-9H2,1-4H3. The van der Waals surface area contributed by atoms with E-state index in [-0.39, 0.29) is 17.5 Å². The third kappa shape index (κ3) is 3.37. The molecule has 3 nitrogen and oxygen atoms in total. The highest BCUT2D eigenvalue weighted by molar-refractivity contribution is 9.10. The number of carbonyl (C=O) groups is 1. The Hall–Kier alpha value is -0.870. The Bertz CT molecular complexity index is 499. The summed E-state index contributed by atoms with van der Waals surface area (Å²) in [5.74, 6) is 0.0860. The van der Waals surface area contributed by atoms with E-state index in [1.807, 2.05) is 18.2 Å². The van der Waals surface area contributed by atoms with Gasteiger partial charge in [0.15, 0.2) is 5.78 Å². The van der Waals surface area contributed by atoms with E-state index in [1.54, 1.807) is 6.92 Å². The number of hydrogen-bond acceptors (Lipinski definition) is 3. The molecule has 19 heavy (non-hydrogen) atoms. The fourth-order valence-electron chi connectivity index (χ4n) is 2.62. The van der Waals surface area contributed by atoms with Crippen molar-refractivity contribution in [2.45, 2.75) is 39.4 Å². The fraction of sp³-hybridized carbons (Fsp3) is 0.533. The molecule has 1 saturated heterocycles. The number of benzene rings is 1. The summed E-state index contributed by atoms with van der Waals surface area (Å²) >= 11 is 3.57. The topological polar surface area (TPSA) is 29.5 Å². The largest absolute Gasteiger partial charge is 0.369 e. The zero-order chi connectivity index (χ0) is 14.2. The number of ether oxygens (including phenoxy) is 1. The van der Waals surface area contributed by atoms with Gasteiger partial charge in [-0.1, -0.05) is 0 Å². The van der Waals surface area contributed by atoms with Crippen molar-refractivity contribution in [1.82, 2.24) is 0 Å². The van der Waals surface area contributed by atoms with Crippen LogP contribution in [-0.2, 0) is 4.74 Å². The van der Waals surface area contributed by atoms with Gasteiger partial charge in [0.1, 0.15) is 0 Å². The molecule has 0 bridgehead atoms. The summed E-state index contributed by atoms with van der Waals surface area (Å²) in [5.41, 5.74) is 1.69. The number of halogens is 1. The van der Waals surface area contributed by atoms with Crippen LogP contribution in [0.25, 0.3) is 0 Å². The lowest BCUT2D eigenvalue weighted by atomic mass is 10.0. The van der Waals surface area contributed by atoms with E-state index in [4.69, 9.17) is 4.74 Å². The lowest BCUT2D eigenvalue weighted by molar-refractivity contribution is -0.0750. The summed E-state index contributed by atoms with van der Waals surface area (Å²) in [6.45, 7) is 9.59. The van der Waals surface area contributed by atoms with Crippen LogP contribution in [0.2, 0.25) is 0 Å². The molecule has 2 rings (SSSR count). The summed E-state index contributed by atoms with van der Waals surface area (Å²) < 4.78 is 6.88. The van der Waals surface area contributed by atoms with Crippen molar-refractivity contribution in [3.8, 4) is 0 Å². The Morgan fingerprint density at radius 1 is 1.47 bits per heavy atom. The number of Topliss-reactive ketones (excluding diaryl/α,β-unsaturated/α-hetero) is 1. The molecule has 1 aromatic carbocycles. The molecule has 1 aromatic rings. The summed E-state index contributed by atoms with van der Waals surface area (Å²) in [6, 6.07) is 5.79. The van der Waals surface area contributed by atoms with E-state index in [1.165, 1.54) is 0 Å². The van der Waals surface area contributed by atoms with Crippen LogP contribution in [0.4, 0.5) is 5.69 Å². The van der Waals surface area contributed by atoms with Crippen LogP contribution in [0.3, 0.4) is 0 Å². The summed E-state index contributed by atoms with van der Waals surface area (Å²) in [6.07, 6.45) is 0.197. The number of morpholine rings is 1. The fourth-order valence-corrected chi connectivity index (χ4v) is 3.25. The van der Waals surface area contributed by atoms with E-state index < -0.39 is 0 Å². The highest BCUT2D eigenvalue weighted by atomic mass is 79.9. The Morgan fingerprint density at radius 2 is 2.16 bits per heavy atom. The summed E-state index contributed by atoms with van der Waals surface area (Å²) in [4.78, 5) is 13.7. The molecule has 0 radical (unpaired) electrons. The van der Waals surface area contributed by atoms with Crippen LogP contribution in [0.15, 0.2) is 22.7 Å². The predicted molar refractivity (Wildman–Crippen MR) is 81.0 cm³/mol. The van der Waals surface area contributed by atoms with E-state index in [0.29, 0.717) is 0 Å². The Balaban J connectivity index is 2.29. The molecule has 0 N–H and O–H groups in total. The lowest BCUT2D eigenvalue weighted by Crippen LogP contribution is -2.52. The monoisotopic (exact) mass is 325 g/mol. The van der Waals surface area contributed by atoms with Gasteiger partial charge >= 0.3 is 0 Å². The molecule has 0 saturated carbocycles. The number of hydrogen-bond donors (Lipinski definition) is 0. The quantitative estimate of drug-likeness (QED) is 0.777. The van der Waals surface area contributed by atoms with Crippen LogP contribution >= 0.6 is 15.9 Å². The van der Waals surface area contributed by atoms with Gasteiger partial charge in [-0.05, 0) is 61.8 Å². The van der Waals surface area contributed by atoms with Crippen molar-refractivity contribution in [1.29, 1.82) is 0 Å². The van der Waals surface area contributed by atoms with Gasteiger partial charge in [0.2, 0.25) is 0 Å². The minimum Gasteiger partial charge on any atom is -0.369 e. The second-order valence-corrected chi connectivity index (χ2v) is 6.65. The molecule has 0 aromatic heterocycles. The van der Waals surface area contributed by atoms with Crippen molar-refractivity contribution in [3.63, 3.8) is 0 Å². The second kappa shape index (κ2) is 5.25. The average molecular weight is 326 g/mol. The van der Waals surface area contributed by atoms with Gasteiger partial charge in [0.25, 0.3) is 0 Å². The van der Waals surface area contributed by atoms with Gasteiger partial charge < -0.3 is 9.64 Å². The maximum atomic E-state index is 11.4. The van der Waals surface area contributed by atoms with Gasteiger partial charge in [0.05, 0.1) is 17.4 Å². The normalized spacial score (nSPS) is 22.4. The van der Waals surface area contributed by atoms with Crippen molar-refractivity contribution >= 4 is 27.4 Å². The summed E-state index contributed by atoms with van der Waals surface area (Å²) in [7, 11) is 0. The number of carbonyl (C=O) groups excluding carboxylic acids is 1. The highest BCUT2D eigenvalue weighted by Crippen LogP contribution is 2.32. The first kappa shape index (κ1) is 14.5. The first-order valence-electron chi connectivity index (χ1n) is 6.52. The van der Waals surface area contributed by atoms with Crippen molar-refractivity contribution in [2.24, 2.45) is 0 Å². The van der Waals surface area contributed by atoms with Crippen LogP contribution in [0.5, 0.6) is 0 Å². The first-order valence-corrected chi connectivity index (χ1v) is 7.31. The molecule has 1 heterocycles. The molecule has 1 atom stereocenters. The molecule has 1 aliphatic rings. The van der Waals surface area contributed by atoms with E-state index in [2.05, 4.69) is 41.6 Å². The lowest BCUT2D eigenvalue weighted by Gasteiger charge is -2.43. The van der Waals surface area contributed by atoms with Gasteiger partial charge in [0, 0.05) is 23.1 Å². The molecule has 1 aliphatic heterocycles. The molecule has 1 fully saturated rings. The molecule has 1 unspecified atom stereocenters. The SMILES string of the molecule is CC(=O)c1ccc(N2CC(C)OC(C)(C)C2)c(Br)c1. The number of ketones is 1. The Labute approximate surface area is 123 Å². The second-order valence-electron chi connectivity index (χ2n) is 5.79. The Kier molecular flexibility index (Phi) is 4.02. The van der Waals surface area contributed by atoms with Crippen molar-refractivity contribution < 1.29 is 9.53 Å². The van der Waals surface area contributed by atoms with E-state index >= 15 is 0 Å². The number of rotatable bonds is 2. The van der Waals surface area contributed by atoms with E-state index in [0.717, 1.165) is 28.8 Å². The molecule has 4 heteroatoms. The van der Waals surface area contributed by atoms with Gasteiger partial charge in [-0.15, -0.1) is 0 Å². The summed E-state index contributed by atoms with van der Waals surface area (Å²) in [5, 5.41) is 0. The van der Waals surface area contributed by atoms with Crippen molar-refractivity contribution in [2.75, 3.05) is 18.0 Å². The van der Waals surface area contributed by atoms with Gasteiger partial charge in [-0.3, -0.25) is 4.79 Å². The van der Waals surface area contributed by atoms with Crippen LogP contribution < -0.4 is 4.90 Å². The molecular formula is C15H20BrNO2. The first-order chi connectivity index (χ1) is 8.78. The minimum atomic E-state index is -0.156. The third-order valence-corrected chi connectivity index (χ3v) is 3.90. The molecule has 0 spiro atoms. The predicted octanol–water partition coefficient (Wildman–Crippen LogP) is 3.66.